The zero-order valence-corrected chi connectivity index (χ0v) is 19.0. The van der Waals surface area contributed by atoms with Gasteiger partial charge < -0.3 is 4.90 Å². The maximum atomic E-state index is 12.8. The summed E-state index contributed by atoms with van der Waals surface area (Å²) in [5.74, 6) is 1.38. The molecule has 0 aliphatic rings. The van der Waals surface area contributed by atoms with Gasteiger partial charge in [-0.3, -0.25) is 9.36 Å². The summed E-state index contributed by atoms with van der Waals surface area (Å²) >= 11 is 1.45. The Morgan fingerprint density at radius 1 is 0.900 bits per heavy atom. The van der Waals surface area contributed by atoms with E-state index in [4.69, 9.17) is 0 Å². The average Bonchev–Trinajstić information content (AvgIpc) is 3.14. The van der Waals surface area contributed by atoms with Gasteiger partial charge in [0.2, 0.25) is 5.91 Å². The first-order chi connectivity index (χ1) is 14.5. The van der Waals surface area contributed by atoms with Gasteiger partial charge in [-0.05, 0) is 51.8 Å². The molecule has 0 aliphatic heterocycles. The standard InChI is InChI=1S/C24H30N4OS/c1-18(2)27(19(3)4)23(29)17-30-24-26-25-22(16-15-20-11-7-5-8-12-20)28(24)21-13-9-6-10-14-21/h5-14,18-19H,15-17H2,1-4H3. The van der Waals surface area contributed by atoms with Crippen molar-refractivity contribution in [2.24, 2.45) is 0 Å². The molecule has 0 fully saturated rings. The molecular weight excluding hydrogens is 392 g/mol. The van der Waals surface area contributed by atoms with Gasteiger partial charge in [0, 0.05) is 24.2 Å². The number of hydrogen-bond acceptors (Lipinski definition) is 4. The summed E-state index contributed by atoms with van der Waals surface area (Å²) in [4.78, 5) is 14.7. The summed E-state index contributed by atoms with van der Waals surface area (Å²) in [5.41, 5.74) is 2.29. The number of para-hydroxylation sites is 1. The highest BCUT2D eigenvalue weighted by Crippen LogP contribution is 2.24. The molecule has 6 heteroatoms. The monoisotopic (exact) mass is 422 g/mol. The van der Waals surface area contributed by atoms with Crippen LogP contribution in [0.5, 0.6) is 0 Å². The molecule has 0 N–H and O–H groups in total. The van der Waals surface area contributed by atoms with Crippen LogP contribution >= 0.6 is 11.8 Å². The molecule has 0 bridgehead atoms. The van der Waals surface area contributed by atoms with Gasteiger partial charge in [0.1, 0.15) is 5.82 Å². The van der Waals surface area contributed by atoms with E-state index in [-0.39, 0.29) is 18.0 Å². The van der Waals surface area contributed by atoms with E-state index in [9.17, 15) is 4.79 Å². The fraction of sp³-hybridized carbons (Fsp3) is 0.375. The topological polar surface area (TPSA) is 51.0 Å². The Hall–Kier alpha value is -2.60. The number of aromatic nitrogens is 3. The third-order valence-electron chi connectivity index (χ3n) is 4.92. The SMILES string of the molecule is CC(C)N(C(=O)CSc1nnc(CCc2ccccc2)n1-c1ccccc1)C(C)C. The Morgan fingerprint density at radius 3 is 2.10 bits per heavy atom. The largest absolute Gasteiger partial charge is 0.337 e. The summed E-state index contributed by atoms with van der Waals surface area (Å²) in [7, 11) is 0. The fourth-order valence-corrected chi connectivity index (χ4v) is 4.51. The molecule has 0 radical (unpaired) electrons. The van der Waals surface area contributed by atoms with E-state index in [2.05, 4.69) is 78.9 Å². The van der Waals surface area contributed by atoms with Gasteiger partial charge in [0.05, 0.1) is 5.75 Å². The minimum Gasteiger partial charge on any atom is -0.337 e. The summed E-state index contributed by atoms with van der Waals surface area (Å²) in [5, 5.41) is 9.65. The molecule has 5 nitrogen and oxygen atoms in total. The Bertz CT molecular complexity index is 930. The van der Waals surface area contributed by atoms with Crippen molar-refractivity contribution in [3.63, 3.8) is 0 Å². The van der Waals surface area contributed by atoms with Crippen LogP contribution in [0.1, 0.15) is 39.1 Å². The zero-order valence-electron chi connectivity index (χ0n) is 18.2. The molecule has 0 aliphatic carbocycles. The van der Waals surface area contributed by atoms with Crippen molar-refractivity contribution in [3.8, 4) is 5.69 Å². The van der Waals surface area contributed by atoms with Gasteiger partial charge >= 0.3 is 0 Å². The Morgan fingerprint density at radius 2 is 1.50 bits per heavy atom. The van der Waals surface area contributed by atoms with E-state index < -0.39 is 0 Å². The van der Waals surface area contributed by atoms with Gasteiger partial charge in [-0.15, -0.1) is 10.2 Å². The van der Waals surface area contributed by atoms with Gasteiger partial charge in [0.25, 0.3) is 0 Å². The molecule has 0 atom stereocenters. The number of hydrogen-bond donors (Lipinski definition) is 0. The second kappa shape index (κ2) is 10.4. The van der Waals surface area contributed by atoms with Crippen LogP contribution in [0.25, 0.3) is 5.69 Å². The van der Waals surface area contributed by atoms with Crippen LogP contribution in [0, 0.1) is 0 Å². The number of benzene rings is 2. The van der Waals surface area contributed by atoms with E-state index >= 15 is 0 Å². The zero-order chi connectivity index (χ0) is 21.5. The maximum Gasteiger partial charge on any atom is 0.233 e. The molecule has 30 heavy (non-hydrogen) atoms. The van der Waals surface area contributed by atoms with Crippen molar-refractivity contribution in [1.82, 2.24) is 19.7 Å². The Kier molecular flexibility index (Phi) is 7.69. The van der Waals surface area contributed by atoms with Crippen LogP contribution in [-0.2, 0) is 17.6 Å². The summed E-state index contributed by atoms with van der Waals surface area (Å²) in [6, 6.07) is 20.9. The van der Waals surface area contributed by atoms with Gasteiger partial charge in [0.15, 0.2) is 5.16 Å². The summed E-state index contributed by atoms with van der Waals surface area (Å²) in [6.07, 6.45) is 1.68. The molecule has 0 spiro atoms. The highest BCUT2D eigenvalue weighted by molar-refractivity contribution is 7.99. The lowest BCUT2D eigenvalue weighted by atomic mass is 10.1. The van der Waals surface area contributed by atoms with Crippen molar-refractivity contribution in [2.45, 2.75) is 57.8 Å². The van der Waals surface area contributed by atoms with Gasteiger partial charge in [-0.1, -0.05) is 60.3 Å². The second-order valence-corrected chi connectivity index (χ2v) is 8.78. The van der Waals surface area contributed by atoms with Crippen LogP contribution in [0.15, 0.2) is 65.8 Å². The van der Waals surface area contributed by atoms with Crippen molar-refractivity contribution in [3.05, 3.63) is 72.1 Å². The van der Waals surface area contributed by atoms with Crippen LogP contribution < -0.4 is 0 Å². The molecule has 3 rings (SSSR count). The lowest BCUT2D eigenvalue weighted by Crippen LogP contribution is -2.43. The summed E-state index contributed by atoms with van der Waals surface area (Å²) < 4.78 is 2.08. The van der Waals surface area contributed by atoms with E-state index in [1.807, 2.05) is 29.2 Å². The van der Waals surface area contributed by atoms with Crippen molar-refractivity contribution < 1.29 is 4.79 Å². The van der Waals surface area contributed by atoms with Crippen molar-refractivity contribution in [1.29, 1.82) is 0 Å². The molecule has 0 saturated heterocycles. The number of amides is 1. The lowest BCUT2D eigenvalue weighted by Gasteiger charge is -2.30. The molecule has 158 valence electrons. The fourth-order valence-electron chi connectivity index (χ4n) is 3.67. The number of rotatable bonds is 9. The first-order valence-corrected chi connectivity index (χ1v) is 11.4. The molecule has 2 aromatic carbocycles. The molecule has 3 aromatic rings. The molecule has 0 unspecified atom stereocenters. The van der Waals surface area contributed by atoms with E-state index in [1.165, 1.54) is 17.3 Å². The molecular formula is C24H30N4OS. The third-order valence-corrected chi connectivity index (χ3v) is 5.83. The molecule has 0 saturated carbocycles. The number of nitrogens with zero attached hydrogens (tertiary/aromatic N) is 4. The minimum atomic E-state index is 0.124. The predicted octanol–water partition coefficient (Wildman–Crippen LogP) is 4.79. The summed E-state index contributed by atoms with van der Waals surface area (Å²) in [6.45, 7) is 8.21. The van der Waals surface area contributed by atoms with Crippen LogP contribution in [0.3, 0.4) is 0 Å². The number of carbonyl (C=O) groups excluding carboxylic acids is 1. The van der Waals surface area contributed by atoms with Gasteiger partial charge in [-0.25, -0.2) is 0 Å². The maximum absolute atomic E-state index is 12.8. The van der Waals surface area contributed by atoms with Gasteiger partial charge in [-0.2, -0.15) is 0 Å². The van der Waals surface area contributed by atoms with E-state index in [1.54, 1.807) is 0 Å². The predicted molar refractivity (Wildman–Crippen MR) is 123 cm³/mol. The highest BCUT2D eigenvalue weighted by atomic mass is 32.2. The number of carbonyl (C=O) groups is 1. The second-order valence-electron chi connectivity index (χ2n) is 7.83. The van der Waals surface area contributed by atoms with Crippen LogP contribution in [0.4, 0.5) is 0 Å². The van der Waals surface area contributed by atoms with Crippen molar-refractivity contribution in [2.75, 3.05) is 5.75 Å². The van der Waals surface area contributed by atoms with Crippen molar-refractivity contribution >= 4 is 17.7 Å². The Labute approximate surface area is 183 Å². The number of thioether (sulfide) groups is 1. The first kappa shape index (κ1) is 22.1. The average molecular weight is 423 g/mol. The highest BCUT2D eigenvalue weighted by Gasteiger charge is 2.22. The molecule has 1 heterocycles. The molecule has 1 amide bonds. The minimum absolute atomic E-state index is 0.124. The lowest BCUT2D eigenvalue weighted by molar-refractivity contribution is -0.131. The quantitative estimate of drug-likeness (QED) is 0.465. The molecule has 1 aromatic heterocycles. The van der Waals surface area contributed by atoms with E-state index in [0.717, 1.165) is 29.5 Å². The van der Waals surface area contributed by atoms with Crippen LogP contribution in [0.2, 0.25) is 0 Å². The van der Waals surface area contributed by atoms with Crippen LogP contribution in [-0.4, -0.2) is 43.4 Å². The number of aryl methyl sites for hydroxylation is 2. The third kappa shape index (κ3) is 5.51. The Balaban J connectivity index is 1.80. The smallest absolute Gasteiger partial charge is 0.233 e. The first-order valence-electron chi connectivity index (χ1n) is 10.4. The normalized spacial score (nSPS) is 11.3. The van der Waals surface area contributed by atoms with E-state index in [0.29, 0.717) is 5.75 Å².